The van der Waals surface area contributed by atoms with Crippen molar-refractivity contribution >= 4 is 39.1 Å². The lowest BCUT2D eigenvalue weighted by Crippen LogP contribution is -2.06. The summed E-state index contributed by atoms with van der Waals surface area (Å²) < 4.78 is 10.5. The van der Waals surface area contributed by atoms with Crippen molar-refractivity contribution in [3.63, 3.8) is 0 Å². The first-order valence-electron chi connectivity index (χ1n) is 7.77. The Morgan fingerprint density at radius 1 is 1.20 bits per heavy atom. The minimum absolute atomic E-state index is 0.0292. The van der Waals surface area contributed by atoms with Crippen LogP contribution in [0.3, 0.4) is 0 Å². The fraction of sp³-hybridized carbons (Fsp3) is 0.278. The second-order valence-corrected chi connectivity index (χ2v) is 7.32. The van der Waals surface area contributed by atoms with Gasteiger partial charge in [-0.05, 0) is 30.7 Å². The topological polar surface area (TPSA) is 61.3 Å². The third-order valence-corrected chi connectivity index (χ3v) is 5.93. The zero-order valence-electron chi connectivity index (χ0n) is 14.2. The lowest BCUT2D eigenvalue weighted by molar-refractivity contribution is 0.101. The molecule has 5 nitrogen and oxygen atoms in total. The number of ether oxygens (including phenoxy) is 2. The zero-order valence-corrected chi connectivity index (χ0v) is 15.9. The summed E-state index contributed by atoms with van der Waals surface area (Å²) in [6.07, 6.45) is 2.52. The minimum Gasteiger partial charge on any atom is -0.497 e. The molecule has 0 aliphatic carbocycles. The zero-order chi connectivity index (χ0) is 17.8. The monoisotopic (exact) mass is 374 g/mol. The Kier molecular flexibility index (Phi) is 5.55. The van der Waals surface area contributed by atoms with E-state index in [2.05, 4.69) is 23.0 Å². The van der Waals surface area contributed by atoms with Crippen LogP contribution in [0.5, 0.6) is 11.5 Å². The van der Waals surface area contributed by atoms with Crippen LogP contribution in [0.15, 0.2) is 35.6 Å². The fourth-order valence-corrected chi connectivity index (χ4v) is 4.27. The summed E-state index contributed by atoms with van der Waals surface area (Å²) >= 11 is 3.09. The van der Waals surface area contributed by atoms with Crippen LogP contribution in [-0.2, 0) is 6.42 Å². The van der Waals surface area contributed by atoms with E-state index in [1.54, 1.807) is 50.1 Å². The van der Waals surface area contributed by atoms with Gasteiger partial charge >= 0.3 is 0 Å². The van der Waals surface area contributed by atoms with E-state index in [1.807, 2.05) is 0 Å². The summed E-state index contributed by atoms with van der Waals surface area (Å²) in [6.45, 7) is 2.11. The highest BCUT2D eigenvalue weighted by atomic mass is 32.2. The molecule has 0 aliphatic rings. The van der Waals surface area contributed by atoms with E-state index in [-0.39, 0.29) is 11.5 Å². The number of fused-ring (bicyclic) bond motifs is 1. The van der Waals surface area contributed by atoms with Crippen LogP contribution < -0.4 is 9.47 Å². The normalized spacial score (nSPS) is 10.8. The number of Topliss-reactive ketones (excluding diaryl/α,β-unsaturated/α-hetero) is 1. The highest BCUT2D eigenvalue weighted by Gasteiger charge is 2.16. The van der Waals surface area contributed by atoms with Gasteiger partial charge in [0.1, 0.15) is 27.7 Å². The summed E-state index contributed by atoms with van der Waals surface area (Å²) in [5.41, 5.74) is 0.513. The molecule has 2 aromatic heterocycles. The Bertz CT molecular complexity index is 908. The standard InChI is InChI=1S/C18H18N2O3S2/c1-4-12-8-14-17(19-10-20-18(14)25-12)24-9-15(21)13-7-11(22-2)5-6-16(13)23-3/h5-8,10H,4,9H2,1-3H3. The van der Waals surface area contributed by atoms with Gasteiger partial charge in [0, 0.05) is 10.3 Å². The smallest absolute Gasteiger partial charge is 0.176 e. The first-order chi connectivity index (χ1) is 12.2. The maximum atomic E-state index is 12.7. The van der Waals surface area contributed by atoms with Crippen molar-refractivity contribution in [1.29, 1.82) is 0 Å². The molecule has 0 atom stereocenters. The molecule has 2 heterocycles. The number of aromatic nitrogens is 2. The van der Waals surface area contributed by atoms with Gasteiger partial charge in [0.25, 0.3) is 0 Å². The summed E-state index contributed by atoms with van der Waals surface area (Å²) in [6, 6.07) is 7.33. The van der Waals surface area contributed by atoms with Crippen molar-refractivity contribution in [3.8, 4) is 11.5 Å². The molecule has 0 radical (unpaired) electrons. The molecule has 3 rings (SSSR count). The number of thiophene rings is 1. The highest BCUT2D eigenvalue weighted by Crippen LogP contribution is 2.32. The SMILES string of the molecule is CCc1cc2c(SCC(=O)c3cc(OC)ccc3OC)ncnc2s1. The Labute approximate surface area is 154 Å². The lowest BCUT2D eigenvalue weighted by atomic mass is 10.1. The van der Waals surface area contributed by atoms with Gasteiger partial charge in [-0.3, -0.25) is 4.79 Å². The number of methoxy groups -OCH3 is 2. The molecule has 0 saturated carbocycles. The summed E-state index contributed by atoms with van der Waals surface area (Å²) in [5, 5.41) is 1.84. The largest absolute Gasteiger partial charge is 0.497 e. The third-order valence-electron chi connectivity index (χ3n) is 3.74. The van der Waals surface area contributed by atoms with Gasteiger partial charge in [0.2, 0.25) is 0 Å². The molecular formula is C18H18N2O3S2. The van der Waals surface area contributed by atoms with Crippen molar-refractivity contribution in [1.82, 2.24) is 9.97 Å². The van der Waals surface area contributed by atoms with Crippen LogP contribution >= 0.6 is 23.1 Å². The average Bonchev–Trinajstić information content (AvgIpc) is 3.09. The molecule has 0 saturated heterocycles. The molecule has 25 heavy (non-hydrogen) atoms. The Morgan fingerprint density at radius 3 is 2.76 bits per heavy atom. The number of rotatable bonds is 7. The minimum atomic E-state index is -0.0292. The lowest BCUT2D eigenvalue weighted by Gasteiger charge is -2.09. The predicted octanol–water partition coefficient (Wildman–Crippen LogP) is 4.25. The van der Waals surface area contributed by atoms with E-state index in [0.717, 1.165) is 21.7 Å². The van der Waals surface area contributed by atoms with E-state index >= 15 is 0 Å². The highest BCUT2D eigenvalue weighted by molar-refractivity contribution is 8.00. The summed E-state index contributed by atoms with van der Waals surface area (Å²) in [4.78, 5) is 23.6. The van der Waals surface area contributed by atoms with Crippen LogP contribution in [0.1, 0.15) is 22.2 Å². The summed E-state index contributed by atoms with van der Waals surface area (Å²) in [5.74, 6) is 1.41. The van der Waals surface area contributed by atoms with Gasteiger partial charge in [-0.2, -0.15) is 0 Å². The molecule has 0 amide bonds. The second kappa shape index (κ2) is 7.84. The number of hydrogen-bond donors (Lipinski definition) is 0. The van der Waals surface area contributed by atoms with Crippen molar-refractivity contribution in [2.75, 3.05) is 20.0 Å². The molecule has 0 spiro atoms. The van der Waals surface area contributed by atoms with Crippen molar-refractivity contribution in [2.45, 2.75) is 18.4 Å². The third kappa shape index (κ3) is 3.77. The van der Waals surface area contributed by atoms with Crippen LogP contribution in [0.25, 0.3) is 10.2 Å². The molecule has 0 N–H and O–H groups in total. The van der Waals surface area contributed by atoms with Crippen LogP contribution in [0, 0.1) is 0 Å². The molecule has 130 valence electrons. The number of aryl methyl sites for hydroxylation is 1. The van der Waals surface area contributed by atoms with Crippen LogP contribution in [0.2, 0.25) is 0 Å². The quantitative estimate of drug-likeness (QED) is 0.350. The van der Waals surface area contributed by atoms with Crippen LogP contribution in [-0.4, -0.2) is 35.7 Å². The van der Waals surface area contributed by atoms with Gasteiger partial charge < -0.3 is 9.47 Å². The first kappa shape index (κ1) is 17.7. The van der Waals surface area contributed by atoms with Gasteiger partial charge in [-0.25, -0.2) is 9.97 Å². The Morgan fingerprint density at radius 2 is 2.04 bits per heavy atom. The summed E-state index contributed by atoms with van der Waals surface area (Å²) in [7, 11) is 3.13. The molecule has 0 bridgehead atoms. The molecular weight excluding hydrogens is 356 g/mol. The molecule has 7 heteroatoms. The Balaban J connectivity index is 1.82. The number of thioether (sulfide) groups is 1. The van der Waals surface area contributed by atoms with E-state index in [4.69, 9.17) is 9.47 Å². The maximum absolute atomic E-state index is 12.7. The van der Waals surface area contributed by atoms with Crippen molar-refractivity contribution < 1.29 is 14.3 Å². The average molecular weight is 374 g/mol. The number of carbonyl (C=O) groups excluding carboxylic acids is 1. The van der Waals surface area contributed by atoms with E-state index < -0.39 is 0 Å². The number of ketones is 1. The number of carbonyl (C=O) groups is 1. The molecule has 0 aliphatic heterocycles. The molecule has 1 aromatic carbocycles. The van der Waals surface area contributed by atoms with E-state index in [0.29, 0.717) is 17.1 Å². The number of nitrogens with zero attached hydrogens (tertiary/aromatic N) is 2. The molecule has 0 fully saturated rings. The predicted molar refractivity (Wildman–Crippen MR) is 101 cm³/mol. The van der Waals surface area contributed by atoms with Gasteiger partial charge in [-0.1, -0.05) is 18.7 Å². The Hall–Kier alpha value is -2.12. The van der Waals surface area contributed by atoms with E-state index in [1.165, 1.54) is 16.6 Å². The van der Waals surface area contributed by atoms with Gasteiger partial charge in [-0.15, -0.1) is 11.3 Å². The van der Waals surface area contributed by atoms with Crippen molar-refractivity contribution in [3.05, 3.63) is 41.0 Å². The second-order valence-electron chi connectivity index (χ2n) is 5.24. The van der Waals surface area contributed by atoms with E-state index in [9.17, 15) is 4.79 Å². The first-order valence-corrected chi connectivity index (χ1v) is 9.58. The van der Waals surface area contributed by atoms with Gasteiger partial charge in [0.05, 0.1) is 25.5 Å². The molecule has 0 unspecified atom stereocenters. The van der Waals surface area contributed by atoms with Crippen LogP contribution in [0.4, 0.5) is 0 Å². The maximum Gasteiger partial charge on any atom is 0.176 e. The van der Waals surface area contributed by atoms with Crippen molar-refractivity contribution in [2.24, 2.45) is 0 Å². The number of benzene rings is 1. The fourth-order valence-electron chi connectivity index (χ4n) is 2.42. The number of hydrogen-bond acceptors (Lipinski definition) is 7. The van der Waals surface area contributed by atoms with Gasteiger partial charge in [0.15, 0.2) is 5.78 Å². The molecule has 3 aromatic rings.